The van der Waals surface area contributed by atoms with E-state index in [1.165, 1.54) is 5.56 Å². The molecular formula is C25H34N2O2S. The number of nitrogens with zero attached hydrogens (tertiary/aromatic N) is 1. The molecule has 0 aliphatic carbocycles. The second kappa shape index (κ2) is 12.4. The Morgan fingerprint density at radius 2 is 1.73 bits per heavy atom. The summed E-state index contributed by atoms with van der Waals surface area (Å²) >= 11 is 1.75. The Hall–Kier alpha value is -2.27. The molecule has 0 radical (unpaired) electrons. The summed E-state index contributed by atoms with van der Waals surface area (Å²) in [5.74, 6) is 1.57. The Balaban J connectivity index is 2.06. The van der Waals surface area contributed by atoms with Crippen molar-refractivity contribution >= 4 is 23.6 Å². The molecule has 0 aromatic heterocycles. The molecule has 1 N–H and O–H groups in total. The summed E-state index contributed by atoms with van der Waals surface area (Å²) < 4.78 is 0. The summed E-state index contributed by atoms with van der Waals surface area (Å²) in [4.78, 5) is 27.7. The molecule has 1 atom stereocenters. The van der Waals surface area contributed by atoms with E-state index in [4.69, 9.17) is 0 Å². The summed E-state index contributed by atoms with van der Waals surface area (Å²) in [5, 5.41) is 2.98. The van der Waals surface area contributed by atoms with Gasteiger partial charge in [0.05, 0.1) is 0 Å². The van der Waals surface area contributed by atoms with Crippen molar-refractivity contribution in [2.45, 2.75) is 64.9 Å². The van der Waals surface area contributed by atoms with Gasteiger partial charge < -0.3 is 10.2 Å². The average Bonchev–Trinajstić information content (AvgIpc) is 2.71. The molecule has 0 aliphatic heterocycles. The second-order valence-corrected chi connectivity index (χ2v) is 8.99. The lowest BCUT2D eigenvalue weighted by Gasteiger charge is -2.31. The number of carbonyl (C=O) groups excluding carboxylic acids is 2. The monoisotopic (exact) mass is 426 g/mol. The smallest absolute Gasteiger partial charge is 0.243 e. The summed E-state index contributed by atoms with van der Waals surface area (Å²) in [7, 11) is 0. The molecule has 4 nitrogen and oxygen atoms in total. The minimum Gasteiger partial charge on any atom is -0.352 e. The zero-order chi connectivity index (χ0) is 21.9. The molecule has 5 heteroatoms. The molecule has 0 aliphatic rings. The van der Waals surface area contributed by atoms with Crippen LogP contribution in [0.25, 0.3) is 0 Å². The number of nitrogens with one attached hydrogen (secondary N) is 1. The number of amides is 2. The maximum atomic E-state index is 13.2. The van der Waals surface area contributed by atoms with Crippen LogP contribution in [0.4, 0.5) is 0 Å². The molecule has 0 heterocycles. The number of thioether (sulfide) groups is 1. The number of aryl methyl sites for hydroxylation is 1. The van der Waals surface area contributed by atoms with Crippen LogP contribution in [0, 0.1) is 6.92 Å². The highest BCUT2D eigenvalue weighted by Crippen LogP contribution is 2.18. The normalized spacial score (nSPS) is 11.9. The molecule has 2 aromatic rings. The fraction of sp³-hybridized carbons (Fsp3) is 0.440. The van der Waals surface area contributed by atoms with Crippen molar-refractivity contribution in [3.63, 3.8) is 0 Å². The highest BCUT2D eigenvalue weighted by Gasteiger charge is 2.28. The zero-order valence-corrected chi connectivity index (χ0v) is 19.4. The van der Waals surface area contributed by atoms with Crippen molar-refractivity contribution < 1.29 is 9.59 Å². The van der Waals surface area contributed by atoms with Gasteiger partial charge in [0.2, 0.25) is 11.8 Å². The lowest BCUT2D eigenvalue weighted by Crippen LogP contribution is -2.50. The van der Waals surface area contributed by atoms with E-state index >= 15 is 0 Å². The second-order valence-electron chi connectivity index (χ2n) is 7.89. The first-order valence-electron chi connectivity index (χ1n) is 10.7. The van der Waals surface area contributed by atoms with Crippen LogP contribution in [0.5, 0.6) is 0 Å². The van der Waals surface area contributed by atoms with Gasteiger partial charge in [-0.1, -0.05) is 67.1 Å². The molecule has 30 heavy (non-hydrogen) atoms. The fourth-order valence-electron chi connectivity index (χ4n) is 3.37. The van der Waals surface area contributed by atoms with Crippen LogP contribution in [0.2, 0.25) is 0 Å². The predicted octanol–water partition coefficient (Wildman–Crippen LogP) is 4.95. The lowest BCUT2D eigenvalue weighted by atomic mass is 10.1. The molecule has 0 unspecified atom stereocenters. The third-order valence-electron chi connectivity index (χ3n) is 4.82. The Bertz CT molecular complexity index is 808. The van der Waals surface area contributed by atoms with E-state index in [1.807, 2.05) is 64.1 Å². The topological polar surface area (TPSA) is 49.4 Å². The number of hydrogen-bond acceptors (Lipinski definition) is 3. The minimum absolute atomic E-state index is 0.0304. The number of carbonyl (C=O) groups is 2. The first-order valence-corrected chi connectivity index (χ1v) is 11.8. The van der Waals surface area contributed by atoms with Gasteiger partial charge in [-0.25, -0.2) is 0 Å². The average molecular weight is 427 g/mol. The minimum atomic E-state index is -0.459. The van der Waals surface area contributed by atoms with Crippen molar-refractivity contribution in [2.24, 2.45) is 0 Å². The summed E-state index contributed by atoms with van der Waals surface area (Å²) in [5.41, 5.74) is 3.46. The third-order valence-corrected chi connectivity index (χ3v) is 5.85. The fourth-order valence-corrected chi connectivity index (χ4v) is 4.27. The predicted molar refractivity (Wildman–Crippen MR) is 126 cm³/mol. The molecule has 2 aromatic carbocycles. The maximum absolute atomic E-state index is 13.2. The molecule has 2 amide bonds. The van der Waals surface area contributed by atoms with Gasteiger partial charge in [0.15, 0.2) is 0 Å². The molecule has 2 rings (SSSR count). The lowest BCUT2D eigenvalue weighted by molar-refractivity contribution is -0.141. The van der Waals surface area contributed by atoms with Crippen LogP contribution >= 0.6 is 11.8 Å². The molecule has 0 saturated heterocycles. The molecular weight excluding hydrogens is 392 g/mol. The van der Waals surface area contributed by atoms with Crippen molar-refractivity contribution in [3.8, 4) is 0 Å². The Labute approximate surface area is 185 Å². The SMILES string of the molecule is CC[C@H](C(=O)NC(C)C)N(Cc1cccc(C)c1)C(=O)CCSCc1ccccc1. The molecule has 162 valence electrons. The first-order chi connectivity index (χ1) is 14.4. The van der Waals surface area contributed by atoms with Crippen LogP contribution in [0.1, 0.15) is 50.3 Å². The van der Waals surface area contributed by atoms with Crippen molar-refractivity contribution in [1.29, 1.82) is 0 Å². The quantitative estimate of drug-likeness (QED) is 0.517. The standard InChI is InChI=1S/C25H34N2O2S/c1-5-23(25(29)26-19(2)3)27(17-22-13-9-10-20(4)16-22)24(28)14-15-30-18-21-11-7-6-8-12-21/h6-13,16,19,23H,5,14-15,17-18H2,1-4H3,(H,26,29)/t23-/m1/s1. The van der Waals surface area contributed by atoms with Gasteiger partial charge in [0.25, 0.3) is 0 Å². The molecule has 0 bridgehead atoms. The van der Waals surface area contributed by atoms with Gasteiger partial charge in [0.1, 0.15) is 6.04 Å². The highest BCUT2D eigenvalue weighted by atomic mass is 32.2. The number of benzene rings is 2. The maximum Gasteiger partial charge on any atom is 0.243 e. The van der Waals surface area contributed by atoms with E-state index in [-0.39, 0.29) is 17.9 Å². The van der Waals surface area contributed by atoms with Crippen LogP contribution in [0.15, 0.2) is 54.6 Å². The summed E-state index contributed by atoms with van der Waals surface area (Å²) in [6.07, 6.45) is 1.02. The molecule has 0 spiro atoms. The van der Waals surface area contributed by atoms with Gasteiger partial charge in [-0.3, -0.25) is 9.59 Å². The van der Waals surface area contributed by atoms with E-state index in [9.17, 15) is 9.59 Å². The van der Waals surface area contributed by atoms with E-state index in [2.05, 4.69) is 23.5 Å². The highest BCUT2D eigenvalue weighted by molar-refractivity contribution is 7.98. The van der Waals surface area contributed by atoms with Gasteiger partial charge >= 0.3 is 0 Å². The number of hydrogen-bond donors (Lipinski definition) is 1. The van der Waals surface area contributed by atoms with Gasteiger partial charge in [-0.15, -0.1) is 0 Å². The van der Waals surface area contributed by atoms with Gasteiger partial charge in [-0.2, -0.15) is 11.8 Å². The summed E-state index contributed by atoms with van der Waals surface area (Å²) in [6.45, 7) is 8.34. The Kier molecular flexibility index (Phi) is 9.95. The number of rotatable bonds is 11. The molecule has 0 saturated carbocycles. The van der Waals surface area contributed by atoms with Crippen LogP contribution in [-0.2, 0) is 21.9 Å². The third kappa shape index (κ3) is 7.86. The summed E-state index contributed by atoms with van der Waals surface area (Å²) in [6, 6.07) is 18.0. The Morgan fingerprint density at radius 3 is 2.37 bits per heavy atom. The van der Waals surface area contributed by atoms with Crippen molar-refractivity contribution in [1.82, 2.24) is 10.2 Å². The van der Waals surface area contributed by atoms with E-state index in [1.54, 1.807) is 16.7 Å². The van der Waals surface area contributed by atoms with E-state index in [0.717, 1.165) is 22.6 Å². The van der Waals surface area contributed by atoms with Gasteiger partial charge in [0, 0.05) is 30.5 Å². The van der Waals surface area contributed by atoms with Gasteiger partial charge in [-0.05, 0) is 38.3 Å². The van der Waals surface area contributed by atoms with Crippen molar-refractivity contribution in [3.05, 3.63) is 71.3 Å². The first kappa shape index (κ1) is 24.0. The zero-order valence-electron chi connectivity index (χ0n) is 18.6. The largest absolute Gasteiger partial charge is 0.352 e. The Morgan fingerprint density at radius 1 is 1.03 bits per heavy atom. The molecule has 0 fully saturated rings. The van der Waals surface area contributed by atoms with Crippen molar-refractivity contribution in [2.75, 3.05) is 5.75 Å². The van der Waals surface area contributed by atoms with Crippen LogP contribution in [0.3, 0.4) is 0 Å². The van der Waals surface area contributed by atoms with E-state index in [0.29, 0.717) is 19.4 Å². The van der Waals surface area contributed by atoms with Crippen LogP contribution in [-0.4, -0.2) is 34.6 Å². The van der Waals surface area contributed by atoms with E-state index < -0.39 is 6.04 Å². The van der Waals surface area contributed by atoms with Crippen LogP contribution < -0.4 is 5.32 Å².